The number of rotatable bonds is 4. The molecule has 0 spiro atoms. The Morgan fingerprint density at radius 3 is 2.62 bits per heavy atom. The predicted octanol–water partition coefficient (Wildman–Crippen LogP) is 2.71. The van der Waals surface area contributed by atoms with E-state index < -0.39 is 5.60 Å². The van der Waals surface area contributed by atoms with Gasteiger partial charge < -0.3 is 4.74 Å². The normalized spacial score (nSPS) is 23.8. The third kappa shape index (κ3) is 3.92. The maximum Gasteiger partial charge on any atom is 0.142 e. The molecule has 0 bridgehead atoms. The third-order valence-electron chi connectivity index (χ3n) is 2.59. The van der Waals surface area contributed by atoms with Crippen molar-refractivity contribution in [2.75, 3.05) is 6.61 Å². The second kappa shape index (κ2) is 4.77. The molecule has 1 aliphatic rings. The fourth-order valence-corrected chi connectivity index (χ4v) is 1.57. The Bertz CT molecular complexity index is 157. The molecule has 0 amide bonds. The minimum absolute atomic E-state index is 0.265. The van der Waals surface area contributed by atoms with Crippen molar-refractivity contribution >= 4 is 0 Å². The van der Waals surface area contributed by atoms with Crippen molar-refractivity contribution in [2.24, 2.45) is 0 Å². The Hall–Kier alpha value is -0.340. The average molecular weight is 183 g/mol. The van der Waals surface area contributed by atoms with Crippen molar-refractivity contribution in [3.63, 3.8) is 0 Å². The van der Waals surface area contributed by atoms with E-state index in [0.717, 1.165) is 12.8 Å². The van der Waals surface area contributed by atoms with E-state index in [-0.39, 0.29) is 6.61 Å². The first kappa shape index (κ1) is 10.7. The van der Waals surface area contributed by atoms with Gasteiger partial charge >= 0.3 is 0 Å². The SMILES string of the molecule is C=CC(C)([O])COC1CCCCC1. The fourth-order valence-electron chi connectivity index (χ4n) is 1.57. The van der Waals surface area contributed by atoms with Gasteiger partial charge in [-0.3, -0.25) is 0 Å². The van der Waals surface area contributed by atoms with Gasteiger partial charge in [0, 0.05) is 0 Å². The Kier molecular flexibility index (Phi) is 3.94. The summed E-state index contributed by atoms with van der Waals surface area (Å²) in [5.41, 5.74) is -1.11. The molecule has 1 radical (unpaired) electrons. The van der Waals surface area contributed by atoms with Gasteiger partial charge in [-0.25, -0.2) is 5.11 Å². The Labute approximate surface area is 80.6 Å². The van der Waals surface area contributed by atoms with Gasteiger partial charge in [0.1, 0.15) is 5.60 Å². The quantitative estimate of drug-likeness (QED) is 0.616. The van der Waals surface area contributed by atoms with E-state index in [0.29, 0.717) is 6.10 Å². The molecular formula is C11H19O2. The van der Waals surface area contributed by atoms with Gasteiger partial charge in [0.05, 0.1) is 12.7 Å². The number of hydrogen-bond acceptors (Lipinski definition) is 1. The van der Waals surface area contributed by atoms with Crippen LogP contribution in [-0.2, 0) is 9.84 Å². The lowest BCUT2D eigenvalue weighted by atomic mass is 9.97. The Morgan fingerprint density at radius 2 is 2.08 bits per heavy atom. The zero-order valence-corrected chi connectivity index (χ0v) is 8.42. The molecule has 13 heavy (non-hydrogen) atoms. The largest absolute Gasteiger partial charge is 0.375 e. The molecule has 0 N–H and O–H groups in total. The molecule has 0 aromatic carbocycles. The van der Waals surface area contributed by atoms with Crippen LogP contribution in [0.2, 0.25) is 0 Å². The molecule has 1 rings (SSSR count). The lowest BCUT2D eigenvalue weighted by molar-refractivity contribution is -0.0783. The van der Waals surface area contributed by atoms with Crippen LogP contribution in [0, 0.1) is 0 Å². The third-order valence-corrected chi connectivity index (χ3v) is 2.59. The van der Waals surface area contributed by atoms with Crippen LogP contribution in [0.5, 0.6) is 0 Å². The topological polar surface area (TPSA) is 29.1 Å². The molecule has 0 aliphatic heterocycles. The van der Waals surface area contributed by atoms with Crippen LogP contribution in [0.3, 0.4) is 0 Å². The highest BCUT2D eigenvalue weighted by molar-refractivity contribution is 4.91. The van der Waals surface area contributed by atoms with E-state index >= 15 is 0 Å². The smallest absolute Gasteiger partial charge is 0.142 e. The van der Waals surface area contributed by atoms with Gasteiger partial charge in [-0.15, -0.1) is 6.58 Å². The minimum atomic E-state index is -1.11. The second-order valence-corrected chi connectivity index (χ2v) is 4.09. The number of ether oxygens (including phenoxy) is 1. The van der Waals surface area contributed by atoms with E-state index in [9.17, 15) is 5.11 Å². The molecule has 0 aromatic heterocycles. The monoisotopic (exact) mass is 183 g/mol. The molecule has 1 saturated carbocycles. The van der Waals surface area contributed by atoms with Gasteiger partial charge in [0.2, 0.25) is 0 Å². The van der Waals surface area contributed by atoms with Gasteiger partial charge in [0.25, 0.3) is 0 Å². The highest BCUT2D eigenvalue weighted by Crippen LogP contribution is 2.21. The van der Waals surface area contributed by atoms with Crippen LogP contribution in [0.25, 0.3) is 0 Å². The van der Waals surface area contributed by atoms with Crippen molar-refractivity contribution in [1.29, 1.82) is 0 Å². The van der Waals surface area contributed by atoms with Crippen LogP contribution in [0.1, 0.15) is 39.0 Å². The summed E-state index contributed by atoms with van der Waals surface area (Å²) in [6, 6.07) is 0. The molecule has 0 aromatic rings. The zero-order valence-electron chi connectivity index (χ0n) is 8.42. The van der Waals surface area contributed by atoms with E-state index in [1.165, 1.54) is 25.3 Å². The van der Waals surface area contributed by atoms with Crippen LogP contribution in [0.15, 0.2) is 12.7 Å². The van der Waals surface area contributed by atoms with Gasteiger partial charge in [-0.2, -0.15) is 0 Å². The van der Waals surface area contributed by atoms with Crippen molar-refractivity contribution < 1.29 is 9.84 Å². The maximum absolute atomic E-state index is 11.5. The van der Waals surface area contributed by atoms with Gasteiger partial charge in [-0.1, -0.05) is 25.3 Å². The average Bonchev–Trinajstić information content (AvgIpc) is 2.17. The van der Waals surface area contributed by atoms with E-state index in [1.54, 1.807) is 6.92 Å². The van der Waals surface area contributed by atoms with Crippen molar-refractivity contribution in [2.45, 2.75) is 50.7 Å². The molecule has 1 unspecified atom stereocenters. The van der Waals surface area contributed by atoms with E-state index in [1.807, 2.05) is 0 Å². The molecular weight excluding hydrogens is 164 g/mol. The predicted molar refractivity (Wildman–Crippen MR) is 52.1 cm³/mol. The summed E-state index contributed by atoms with van der Waals surface area (Å²) in [6.45, 7) is 5.38. The van der Waals surface area contributed by atoms with Crippen LogP contribution < -0.4 is 0 Å². The summed E-state index contributed by atoms with van der Waals surface area (Å²) in [5.74, 6) is 0. The highest BCUT2D eigenvalue weighted by atomic mass is 16.5. The van der Waals surface area contributed by atoms with E-state index in [2.05, 4.69) is 6.58 Å². The molecule has 1 atom stereocenters. The van der Waals surface area contributed by atoms with E-state index in [4.69, 9.17) is 4.74 Å². The summed E-state index contributed by atoms with van der Waals surface area (Å²) in [6.07, 6.45) is 7.79. The summed E-state index contributed by atoms with van der Waals surface area (Å²) >= 11 is 0. The maximum atomic E-state index is 11.5. The first-order valence-corrected chi connectivity index (χ1v) is 5.10. The van der Waals surface area contributed by atoms with Crippen LogP contribution in [0.4, 0.5) is 0 Å². The van der Waals surface area contributed by atoms with Crippen LogP contribution >= 0.6 is 0 Å². The summed E-state index contributed by atoms with van der Waals surface area (Å²) in [7, 11) is 0. The molecule has 75 valence electrons. The Balaban J connectivity index is 2.20. The zero-order chi connectivity index (χ0) is 9.73. The van der Waals surface area contributed by atoms with Gasteiger partial charge in [0.15, 0.2) is 0 Å². The van der Waals surface area contributed by atoms with Crippen molar-refractivity contribution in [3.8, 4) is 0 Å². The van der Waals surface area contributed by atoms with Crippen LogP contribution in [-0.4, -0.2) is 18.3 Å². The first-order valence-electron chi connectivity index (χ1n) is 5.10. The van der Waals surface area contributed by atoms with Crippen molar-refractivity contribution in [3.05, 3.63) is 12.7 Å². The second-order valence-electron chi connectivity index (χ2n) is 4.09. The molecule has 0 heterocycles. The van der Waals surface area contributed by atoms with Crippen molar-refractivity contribution in [1.82, 2.24) is 0 Å². The lowest BCUT2D eigenvalue weighted by Crippen LogP contribution is -2.30. The standard InChI is InChI=1S/C11H19O2/c1-3-11(2,12)9-13-10-7-5-4-6-8-10/h3,10H,1,4-9H2,2H3. The molecule has 1 fully saturated rings. The Morgan fingerprint density at radius 1 is 1.46 bits per heavy atom. The highest BCUT2D eigenvalue weighted by Gasteiger charge is 2.22. The molecule has 2 heteroatoms. The minimum Gasteiger partial charge on any atom is -0.375 e. The molecule has 2 nitrogen and oxygen atoms in total. The van der Waals surface area contributed by atoms with Gasteiger partial charge in [-0.05, 0) is 19.8 Å². The summed E-state index contributed by atoms with van der Waals surface area (Å²) < 4.78 is 5.55. The summed E-state index contributed by atoms with van der Waals surface area (Å²) in [5, 5.41) is 11.5. The summed E-state index contributed by atoms with van der Waals surface area (Å²) in [4.78, 5) is 0. The molecule has 1 aliphatic carbocycles. The lowest BCUT2D eigenvalue weighted by Gasteiger charge is -2.25. The fraction of sp³-hybridized carbons (Fsp3) is 0.818. The first-order chi connectivity index (χ1) is 6.14. The molecule has 0 saturated heterocycles. The number of hydrogen-bond donors (Lipinski definition) is 0.